The van der Waals surface area contributed by atoms with Crippen molar-refractivity contribution in [2.75, 3.05) is 5.33 Å². The van der Waals surface area contributed by atoms with E-state index in [1.54, 1.807) is 30.3 Å². The van der Waals surface area contributed by atoms with Gasteiger partial charge in [-0.15, -0.1) is 0 Å². The molecule has 1 atom stereocenters. The van der Waals surface area contributed by atoms with E-state index in [1.807, 2.05) is 0 Å². The third-order valence-electron chi connectivity index (χ3n) is 1.66. The lowest BCUT2D eigenvalue weighted by Crippen LogP contribution is -2.20. The monoisotopic (exact) mass is 272 g/mol. The van der Waals surface area contributed by atoms with Crippen LogP contribution in [-0.4, -0.2) is 22.4 Å². The van der Waals surface area contributed by atoms with E-state index in [-0.39, 0.29) is 5.33 Å². The molecule has 80 valence electrons. The minimum Gasteiger partial charge on any atom is -0.390 e. The summed E-state index contributed by atoms with van der Waals surface area (Å²) in [5.74, 6) is -1.69. The zero-order chi connectivity index (χ0) is 11.3. The Morgan fingerprint density at radius 3 is 2.47 bits per heavy atom. The number of hydrogen-bond donors (Lipinski definition) is 1. The van der Waals surface area contributed by atoms with E-state index in [1.165, 1.54) is 0 Å². The quantitative estimate of drug-likeness (QED) is 0.510. The van der Waals surface area contributed by atoms with Gasteiger partial charge in [0, 0.05) is 0 Å². The minimum atomic E-state index is -1.42. The first-order valence-corrected chi connectivity index (χ1v) is 5.31. The van der Waals surface area contributed by atoms with Gasteiger partial charge in [0.1, 0.15) is 5.33 Å². The minimum absolute atomic E-state index is 0.0831. The maximum atomic E-state index is 11.2. The normalized spacial score (nSPS) is 11.9. The molecule has 0 aliphatic heterocycles. The number of benzene rings is 1. The van der Waals surface area contributed by atoms with Gasteiger partial charge in [-0.25, -0.2) is 4.79 Å². The molecule has 0 fully saturated rings. The first kappa shape index (κ1) is 11.9. The molecule has 1 rings (SSSR count). The summed E-state index contributed by atoms with van der Waals surface area (Å²) in [5.41, 5.74) is 0.393. The van der Waals surface area contributed by atoms with Crippen molar-refractivity contribution < 1.29 is 19.4 Å². The van der Waals surface area contributed by atoms with E-state index >= 15 is 0 Å². The summed E-state index contributed by atoms with van der Waals surface area (Å²) in [6.07, 6.45) is -1.42. The second kappa shape index (κ2) is 5.63. The molecule has 0 heterocycles. The van der Waals surface area contributed by atoms with Gasteiger partial charge in [0.05, 0.1) is 0 Å². The molecule has 0 saturated carbocycles. The fraction of sp³-hybridized carbons (Fsp3) is 0.200. The van der Waals surface area contributed by atoms with Crippen molar-refractivity contribution in [2.45, 2.75) is 6.10 Å². The molecule has 1 aromatic carbocycles. The summed E-state index contributed by atoms with van der Waals surface area (Å²) in [5, 5.41) is 9.41. The third kappa shape index (κ3) is 3.45. The Bertz CT molecular complexity index is 350. The Hall–Kier alpha value is -1.20. The summed E-state index contributed by atoms with van der Waals surface area (Å²) >= 11 is 2.84. The van der Waals surface area contributed by atoms with Crippen LogP contribution in [0.4, 0.5) is 0 Å². The smallest absolute Gasteiger partial charge is 0.347 e. The fourth-order valence-corrected chi connectivity index (χ4v) is 1.08. The molecule has 0 spiro atoms. The predicted molar refractivity (Wildman–Crippen MR) is 56.3 cm³/mol. The molecule has 0 aliphatic carbocycles. The van der Waals surface area contributed by atoms with Crippen molar-refractivity contribution in [1.29, 1.82) is 0 Å². The number of alkyl halides is 1. The van der Waals surface area contributed by atoms with E-state index in [0.717, 1.165) is 0 Å². The van der Waals surface area contributed by atoms with Gasteiger partial charge in [0.2, 0.25) is 0 Å². The maximum Gasteiger partial charge on any atom is 0.347 e. The number of hydrogen-bond acceptors (Lipinski definition) is 4. The topological polar surface area (TPSA) is 63.6 Å². The van der Waals surface area contributed by atoms with Crippen molar-refractivity contribution in [3.05, 3.63) is 35.9 Å². The van der Waals surface area contributed by atoms with E-state index in [9.17, 15) is 14.7 Å². The second-order valence-electron chi connectivity index (χ2n) is 2.74. The Kier molecular flexibility index (Phi) is 4.45. The molecule has 1 aromatic rings. The highest BCUT2D eigenvalue weighted by Gasteiger charge is 2.20. The first-order valence-electron chi connectivity index (χ1n) is 4.18. The lowest BCUT2D eigenvalue weighted by atomic mass is 10.1. The number of aliphatic hydroxyl groups excluding tert-OH is 1. The van der Waals surface area contributed by atoms with Gasteiger partial charge in [-0.05, 0) is 5.56 Å². The number of halogens is 1. The standard InChI is InChI=1S/C10H9BrO4/c11-6-8(12)15-10(14)9(13)7-4-2-1-3-5-7/h1-5,9,13H,6H2. The van der Waals surface area contributed by atoms with Crippen molar-refractivity contribution >= 4 is 27.9 Å². The molecule has 0 radical (unpaired) electrons. The number of carbonyl (C=O) groups is 2. The number of carbonyl (C=O) groups excluding carboxylic acids is 2. The van der Waals surface area contributed by atoms with Crippen LogP contribution in [0.3, 0.4) is 0 Å². The molecule has 0 amide bonds. The van der Waals surface area contributed by atoms with Crippen LogP contribution in [-0.2, 0) is 14.3 Å². The van der Waals surface area contributed by atoms with Crippen LogP contribution in [0.1, 0.15) is 11.7 Å². The van der Waals surface area contributed by atoms with Crippen LogP contribution in [0, 0.1) is 0 Å². The Morgan fingerprint density at radius 1 is 1.33 bits per heavy atom. The molecule has 4 nitrogen and oxygen atoms in total. The lowest BCUT2D eigenvalue weighted by molar-refractivity contribution is -0.164. The van der Waals surface area contributed by atoms with Gasteiger partial charge >= 0.3 is 11.9 Å². The van der Waals surface area contributed by atoms with Crippen molar-refractivity contribution in [1.82, 2.24) is 0 Å². The van der Waals surface area contributed by atoms with Gasteiger partial charge in [0.15, 0.2) is 6.10 Å². The average Bonchev–Trinajstić information content (AvgIpc) is 2.29. The molecular formula is C10H9BrO4. The summed E-state index contributed by atoms with van der Waals surface area (Å²) in [6.45, 7) is 0. The van der Waals surface area contributed by atoms with Crippen LogP contribution in [0.25, 0.3) is 0 Å². The highest BCUT2D eigenvalue weighted by Crippen LogP contribution is 2.13. The molecule has 1 unspecified atom stereocenters. The van der Waals surface area contributed by atoms with Crippen LogP contribution >= 0.6 is 15.9 Å². The van der Waals surface area contributed by atoms with Crippen LogP contribution in [0.2, 0.25) is 0 Å². The Labute approximate surface area is 95.0 Å². The average molecular weight is 273 g/mol. The summed E-state index contributed by atoms with van der Waals surface area (Å²) in [6, 6.07) is 8.26. The zero-order valence-electron chi connectivity index (χ0n) is 7.72. The van der Waals surface area contributed by atoms with E-state index in [2.05, 4.69) is 20.7 Å². The number of ether oxygens (including phenoxy) is 1. The van der Waals surface area contributed by atoms with E-state index < -0.39 is 18.0 Å². The molecule has 5 heteroatoms. The van der Waals surface area contributed by atoms with Gasteiger partial charge < -0.3 is 9.84 Å². The summed E-state index contributed by atoms with van der Waals surface area (Å²) in [7, 11) is 0. The highest BCUT2D eigenvalue weighted by atomic mass is 79.9. The SMILES string of the molecule is O=C(CBr)OC(=O)C(O)c1ccccc1. The van der Waals surface area contributed by atoms with Crippen molar-refractivity contribution in [3.63, 3.8) is 0 Å². The van der Waals surface area contributed by atoms with E-state index in [0.29, 0.717) is 5.56 Å². The van der Waals surface area contributed by atoms with Crippen molar-refractivity contribution in [2.24, 2.45) is 0 Å². The maximum absolute atomic E-state index is 11.2. The summed E-state index contributed by atoms with van der Waals surface area (Å²) < 4.78 is 4.34. The molecular weight excluding hydrogens is 264 g/mol. The molecule has 0 bridgehead atoms. The van der Waals surface area contributed by atoms with Gasteiger partial charge in [-0.2, -0.15) is 0 Å². The fourth-order valence-electron chi connectivity index (χ4n) is 0.967. The summed E-state index contributed by atoms with van der Waals surface area (Å²) in [4.78, 5) is 22.0. The number of aliphatic hydroxyl groups is 1. The van der Waals surface area contributed by atoms with Gasteiger partial charge in [-0.1, -0.05) is 46.3 Å². The number of esters is 2. The zero-order valence-corrected chi connectivity index (χ0v) is 9.31. The molecule has 0 saturated heterocycles. The Balaban J connectivity index is 2.65. The third-order valence-corrected chi connectivity index (χ3v) is 2.12. The van der Waals surface area contributed by atoms with Crippen molar-refractivity contribution in [3.8, 4) is 0 Å². The highest BCUT2D eigenvalue weighted by molar-refractivity contribution is 9.09. The Morgan fingerprint density at radius 2 is 1.93 bits per heavy atom. The van der Waals surface area contributed by atoms with Crippen LogP contribution in [0.5, 0.6) is 0 Å². The second-order valence-corrected chi connectivity index (χ2v) is 3.30. The van der Waals surface area contributed by atoms with Gasteiger partial charge in [0.25, 0.3) is 0 Å². The number of rotatable bonds is 3. The predicted octanol–water partition coefficient (Wildman–Crippen LogP) is 1.18. The van der Waals surface area contributed by atoms with E-state index in [4.69, 9.17) is 0 Å². The van der Waals surface area contributed by atoms with Crippen LogP contribution in [0.15, 0.2) is 30.3 Å². The molecule has 0 aliphatic rings. The lowest BCUT2D eigenvalue weighted by Gasteiger charge is -2.08. The molecule has 1 N–H and O–H groups in total. The first-order chi connectivity index (χ1) is 7.15. The van der Waals surface area contributed by atoms with Crippen LogP contribution < -0.4 is 0 Å². The molecule has 0 aromatic heterocycles. The molecule has 15 heavy (non-hydrogen) atoms. The largest absolute Gasteiger partial charge is 0.390 e. The van der Waals surface area contributed by atoms with Gasteiger partial charge in [-0.3, -0.25) is 4.79 Å².